The minimum atomic E-state index is 0.426. The Morgan fingerprint density at radius 1 is 1.00 bits per heavy atom. The average molecular weight is 176 g/mol. The highest BCUT2D eigenvalue weighted by atomic mass is 16.6. The first-order valence-corrected chi connectivity index (χ1v) is 4.08. The van der Waals surface area contributed by atoms with E-state index in [1.54, 1.807) is 14.2 Å². The molecule has 4 heteroatoms. The third-order valence-electron chi connectivity index (χ3n) is 1.51. The van der Waals surface area contributed by atoms with Gasteiger partial charge in [0.15, 0.2) is 0 Å². The van der Waals surface area contributed by atoms with Gasteiger partial charge in [-0.25, -0.2) is 0 Å². The van der Waals surface area contributed by atoms with E-state index in [0.717, 1.165) is 26.4 Å². The summed E-state index contributed by atoms with van der Waals surface area (Å²) in [5.74, 6) is 0. The van der Waals surface area contributed by atoms with Crippen LogP contribution in [0.15, 0.2) is 0 Å². The molecule has 0 amide bonds. The van der Waals surface area contributed by atoms with E-state index >= 15 is 0 Å². The number of hydrogen-bond acceptors (Lipinski definition) is 4. The highest BCUT2D eigenvalue weighted by molar-refractivity contribution is 4.66. The molecule has 0 aromatic rings. The second-order valence-electron chi connectivity index (χ2n) is 2.82. The zero-order valence-electron chi connectivity index (χ0n) is 7.62. The molecule has 2 rings (SSSR count). The van der Waals surface area contributed by atoms with Crippen LogP contribution in [0.5, 0.6) is 0 Å². The van der Waals surface area contributed by atoms with Crippen LogP contribution in [0.4, 0.5) is 0 Å². The molecule has 2 aliphatic rings. The third-order valence-corrected chi connectivity index (χ3v) is 1.51. The standard InChI is InChI=1S/2C4H8O2/c2*1-5-2-4-3-6-4/h2*4H,2-3H2,1H3. The Hall–Kier alpha value is -0.160. The Balaban J connectivity index is 0.000000120. The Labute approximate surface area is 72.7 Å². The maximum absolute atomic E-state index is 4.82. The van der Waals surface area contributed by atoms with E-state index in [0.29, 0.717) is 12.2 Å². The Morgan fingerprint density at radius 2 is 1.33 bits per heavy atom. The second-order valence-corrected chi connectivity index (χ2v) is 2.82. The molecule has 2 atom stereocenters. The van der Waals surface area contributed by atoms with Crippen LogP contribution in [0.3, 0.4) is 0 Å². The van der Waals surface area contributed by atoms with Crippen molar-refractivity contribution in [3.8, 4) is 0 Å². The summed E-state index contributed by atoms with van der Waals surface area (Å²) in [6, 6.07) is 0. The van der Waals surface area contributed by atoms with Crippen molar-refractivity contribution in [2.45, 2.75) is 12.2 Å². The predicted molar refractivity (Wildman–Crippen MR) is 43.2 cm³/mol. The molecule has 2 unspecified atom stereocenters. The summed E-state index contributed by atoms with van der Waals surface area (Å²) in [4.78, 5) is 0. The minimum Gasteiger partial charge on any atom is -0.382 e. The number of rotatable bonds is 4. The van der Waals surface area contributed by atoms with E-state index in [1.807, 2.05) is 0 Å². The van der Waals surface area contributed by atoms with Crippen molar-refractivity contribution in [1.82, 2.24) is 0 Å². The van der Waals surface area contributed by atoms with Crippen molar-refractivity contribution in [2.75, 3.05) is 40.6 Å². The summed E-state index contributed by atoms with van der Waals surface area (Å²) in [5, 5.41) is 0. The Bertz CT molecular complexity index is 95.6. The van der Waals surface area contributed by atoms with Crippen molar-refractivity contribution < 1.29 is 18.9 Å². The molecule has 0 spiro atoms. The van der Waals surface area contributed by atoms with E-state index in [2.05, 4.69) is 0 Å². The molecule has 72 valence electrons. The molecule has 0 aromatic heterocycles. The van der Waals surface area contributed by atoms with Crippen LogP contribution in [-0.2, 0) is 18.9 Å². The van der Waals surface area contributed by atoms with E-state index in [4.69, 9.17) is 18.9 Å². The quantitative estimate of drug-likeness (QED) is 0.568. The fourth-order valence-corrected chi connectivity index (χ4v) is 0.700. The van der Waals surface area contributed by atoms with Crippen LogP contribution >= 0.6 is 0 Å². The highest BCUT2D eigenvalue weighted by Gasteiger charge is 2.21. The lowest BCUT2D eigenvalue weighted by atomic mass is 10.5. The van der Waals surface area contributed by atoms with E-state index in [-0.39, 0.29) is 0 Å². The van der Waals surface area contributed by atoms with Gasteiger partial charge in [-0.1, -0.05) is 0 Å². The largest absolute Gasteiger partial charge is 0.382 e. The van der Waals surface area contributed by atoms with Crippen LogP contribution < -0.4 is 0 Å². The molecule has 12 heavy (non-hydrogen) atoms. The number of methoxy groups -OCH3 is 2. The summed E-state index contributed by atoms with van der Waals surface area (Å²) in [6.07, 6.45) is 0.852. The van der Waals surface area contributed by atoms with E-state index < -0.39 is 0 Å². The molecule has 4 nitrogen and oxygen atoms in total. The molecule has 0 aromatic carbocycles. The Kier molecular flexibility index (Phi) is 4.53. The Morgan fingerprint density at radius 3 is 1.42 bits per heavy atom. The minimum absolute atomic E-state index is 0.426. The van der Waals surface area contributed by atoms with Gasteiger partial charge < -0.3 is 18.9 Å². The predicted octanol–water partition coefficient (Wildman–Crippen LogP) is 0.0632. The van der Waals surface area contributed by atoms with E-state index in [1.165, 1.54) is 0 Å². The van der Waals surface area contributed by atoms with Gasteiger partial charge in [-0.3, -0.25) is 0 Å². The average Bonchev–Trinajstić information content (AvgIpc) is 2.81. The van der Waals surface area contributed by atoms with Crippen molar-refractivity contribution in [1.29, 1.82) is 0 Å². The van der Waals surface area contributed by atoms with Crippen LogP contribution in [0, 0.1) is 0 Å². The summed E-state index contributed by atoms with van der Waals surface area (Å²) in [5.41, 5.74) is 0. The maximum atomic E-state index is 4.82. The van der Waals surface area contributed by atoms with Gasteiger partial charge in [0.2, 0.25) is 0 Å². The van der Waals surface area contributed by atoms with Crippen LogP contribution in [0.2, 0.25) is 0 Å². The zero-order valence-corrected chi connectivity index (χ0v) is 7.62. The smallest absolute Gasteiger partial charge is 0.104 e. The van der Waals surface area contributed by atoms with Gasteiger partial charge in [-0.05, 0) is 0 Å². The first-order chi connectivity index (χ1) is 5.86. The lowest BCUT2D eigenvalue weighted by molar-refractivity contribution is 0.171. The zero-order chi connectivity index (χ0) is 8.81. The highest BCUT2D eigenvalue weighted by Crippen LogP contribution is 2.07. The fraction of sp³-hybridized carbons (Fsp3) is 1.00. The van der Waals surface area contributed by atoms with Gasteiger partial charge in [-0.15, -0.1) is 0 Å². The second kappa shape index (κ2) is 5.48. The molecule has 2 saturated heterocycles. The first kappa shape index (κ1) is 9.92. The maximum Gasteiger partial charge on any atom is 0.104 e. The van der Waals surface area contributed by atoms with Crippen molar-refractivity contribution in [3.05, 3.63) is 0 Å². The molecular weight excluding hydrogens is 160 g/mol. The van der Waals surface area contributed by atoms with Crippen LogP contribution in [0.1, 0.15) is 0 Å². The van der Waals surface area contributed by atoms with Crippen LogP contribution in [0.25, 0.3) is 0 Å². The van der Waals surface area contributed by atoms with Gasteiger partial charge in [0.05, 0.1) is 26.4 Å². The summed E-state index contributed by atoms with van der Waals surface area (Å²) >= 11 is 0. The van der Waals surface area contributed by atoms with Gasteiger partial charge in [0.25, 0.3) is 0 Å². The summed E-state index contributed by atoms with van der Waals surface area (Å²) < 4.78 is 19.1. The number of hydrogen-bond donors (Lipinski definition) is 0. The molecule has 2 aliphatic heterocycles. The molecular formula is C8H16O4. The first-order valence-electron chi connectivity index (χ1n) is 4.08. The van der Waals surface area contributed by atoms with Crippen molar-refractivity contribution in [3.63, 3.8) is 0 Å². The number of epoxide rings is 2. The lowest BCUT2D eigenvalue weighted by Gasteiger charge is -1.84. The van der Waals surface area contributed by atoms with Crippen molar-refractivity contribution >= 4 is 0 Å². The monoisotopic (exact) mass is 176 g/mol. The lowest BCUT2D eigenvalue weighted by Crippen LogP contribution is -1.94. The molecule has 0 radical (unpaired) electrons. The molecule has 0 saturated carbocycles. The fourth-order valence-electron chi connectivity index (χ4n) is 0.700. The molecule has 0 aliphatic carbocycles. The van der Waals surface area contributed by atoms with Gasteiger partial charge in [-0.2, -0.15) is 0 Å². The van der Waals surface area contributed by atoms with Crippen molar-refractivity contribution in [2.24, 2.45) is 0 Å². The van der Waals surface area contributed by atoms with Gasteiger partial charge >= 0.3 is 0 Å². The number of ether oxygens (including phenoxy) is 4. The SMILES string of the molecule is COCC1CO1.COCC1CO1. The van der Waals surface area contributed by atoms with E-state index in [9.17, 15) is 0 Å². The summed E-state index contributed by atoms with van der Waals surface area (Å²) in [7, 11) is 3.36. The van der Waals surface area contributed by atoms with Crippen LogP contribution in [-0.4, -0.2) is 52.9 Å². The van der Waals surface area contributed by atoms with Gasteiger partial charge in [0.1, 0.15) is 12.2 Å². The topological polar surface area (TPSA) is 43.5 Å². The van der Waals surface area contributed by atoms with Gasteiger partial charge in [0, 0.05) is 14.2 Å². The molecule has 2 heterocycles. The molecule has 0 N–H and O–H groups in total. The molecule has 0 bridgehead atoms. The normalized spacial score (nSPS) is 30.5. The third kappa shape index (κ3) is 5.49. The summed E-state index contributed by atoms with van der Waals surface area (Å²) in [6.45, 7) is 3.32. The molecule has 2 fully saturated rings.